The number of aryl methyl sites for hydroxylation is 3. The van der Waals surface area contributed by atoms with Crippen LogP contribution >= 0.6 is 23.4 Å². The van der Waals surface area contributed by atoms with Crippen molar-refractivity contribution in [2.24, 2.45) is 0 Å². The minimum Gasteiger partial charge on any atom is -0.321 e. The number of amides is 1. The minimum absolute atomic E-state index is 0.238. The first-order valence-electron chi connectivity index (χ1n) is 9.93. The number of carbonyl (C=O) groups is 1. The van der Waals surface area contributed by atoms with Gasteiger partial charge < -0.3 is 5.32 Å². The van der Waals surface area contributed by atoms with Gasteiger partial charge in [-0.15, -0.1) is 5.10 Å². The summed E-state index contributed by atoms with van der Waals surface area (Å²) in [6.07, 6.45) is 0. The SMILES string of the molecule is Cc1cc(C)nc(SCc2c(C(=O)Nc3ccccc3)nnn2-c2ccc(C)c(Cl)c2)n1. The van der Waals surface area contributed by atoms with E-state index in [0.29, 0.717) is 27.3 Å². The monoisotopic (exact) mass is 464 g/mol. The Labute approximate surface area is 195 Å². The summed E-state index contributed by atoms with van der Waals surface area (Å²) in [5, 5.41) is 12.6. The highest BCUT2D eigenvalue weighted by Gasteiger charge is 2.22. The molecule has 162 valence electrons. The quantitative estimate of drug-likeness (QED) is 0.312. The van der Waals surface area contributed by atoms with Gasteiger partial charge >= 0.3 is 0 Å². The molecule has 0 spiro atoms. The molecule has 2 aromatic heterocycles. The van der Waals surface area contributed by atoms with Crippen LogP contribution in [-0.2, 0) is 5.75 Å². The van der Waals surface area contributed by atoms with E-state index in [4.69, 9.17) is 11.6 Å². The molecule has 32 heavy (non-hydrogen) atoms. The second kappa shape index (κ2) is 9.50. The molecule has 4 rings (SSSR count). The van der Waals surface area contributed by atoms with Crippen LogP contribution in [0, 0.1) is 20.8 Å². The van der Waals surface area contributed by atoms with Crippen LogP contribution in [0.5, 0.6) is 0 Å². The van der Waals surface area contributed by atoms with Gasteiger partial charge in [-0.1, -0.05) is 52.8 Å². The number of aromatic nitrogens is 5. The van der Waals surface area contributed by atoms with E-state index in [1.165, 1.54) is 11.8 Å². The van der Waals surface area contributed by atoms with Crippen molar-refractivity contribution in [3.63, 3.8) is 0 Å². The number of thioether (sulfide) groups is 1. The van der Waals surface area contributed by atoms with Gasteiger partial charge in [-0.3, -0.25) is 4.79 Å². The summed E-state index contributed by atoms with van der Waals surface area (Å²) in [5.74, 6) is 0.0662. The standard InChI is InChI=1S/C23H21ClN6OS/c1-14-9-10-18(12-19(14)24)30-20(13-32-23-25-15(2)11-16(3)26-23)21(28-29-30)22(31)27-17-7-5-4-6-8-17/h4-12H,13H2,1-3H3,(H,27,31). The van der Waals surface area contributed by atoms with Gasteiger partial charge in [0, 0.05) is 27.9 Å². The smallest absolute Gasteiger partial charge is 0.278 e. The minimum atomic E-state index is -0.336. The molecule has 0 saturated carbocycles. The fourth-order valence-electron chi connectivity index (χ4n) is 3.13. The Bertz CT molecular complexity index is 1250. The van der Waals surface area contributed by atoms with E-state index in [0.717, 1.165) is 22.6 Å². The number of hydrogen-bond donors (Lipinski definition) is 1. The summed E-state index contributed by atoms with van der Waals surface area (Å²) in [4.78, 5) is 22.0. The summed E-state index contributed by atoms with van der Waals surface area (Å²) >= 11 is 7.76. The van der Waals surface area contributed by atoms with E-state index in [1.54, 1.807) is 4.68 Å². The number of rotatable bonds is 6. The second-order valence-electron chi connectivity index (χ2n) is 7.27. The molecule has 0 radical (unpaired) electrons. The van der Waals surface area contributed by atoms with Crippen LogP contribution in [-0.4, -0.2) is 30.9 Å². The van der Waals surface area contributed by atoms with Gasteiger partial charge in [0.15, 0.2) is 10.9 Å². The number of halogens is 1. The van der Waals surface area contributed by atoms with Crippen LogP contribution in [0.3, 0.4) is 0 Å². The molecule has 1 amide bonds. The Kier molecular flexibility index (Phi) is 6.53. The van der Waals surface area contributed by atoms with Gasteiger partial charge in [-0.25, -0.2) is 14.6 Å². The maximum absolute atomic E-state index is 13.0. The lowest BCUT2D eigenvalue weighted by molar-refractivity contribution is 0.102. The molecule has 0 unspecified atom stereocenters. The molecule has 0 fully saturated rings. The molecule has 0 aliphatic heterocycles. The summed E-state index contributed by atoms with van der Waals surface area (Å²) in [7, 11) is 0. The third-order valence-electron chi connectivity index (χ3n) is 4.71. The normalized spacial score (nSPS) is 10.9. The van der Waals surface area contributed by atoms with Gasteiger partial charge in [0.2, 0.25) is 0 Å². The molecule has 0 aliphatic rings. The van der Waals surface area contributed by atoms with Crippen LogP contribution in [0.25, 0.3) is 5.69 Å². The van der Waals surface area contributed by atoms with Crippen molar-refractivity contribution in [2.75, 3.05) is 5.32 Å². The molecule has 2 aromatic carbocycles. The molecule has 4 aromatic rings. The average molecular weight is 465 g/mol. The first kappa shape index (κ1) is 22.0. The van der Waals surface area contributed by atoms with Gasteiger partial charge in [0.1, 0.15) is 0 Å². The van der Waals surface area contributed by atoms with Crippen molar-refractivity contribution in [3.05, 3.63) is 88.0 Å². The molecule has 0 atom stereocenters. The molecular weight excluding hydrogens is 444 g/mol. The zero-order valence-electron chi connectivity index (χ0n) is 17.8. The summed E-state index contributed by atoms with van der Waals surface area (Å²) < 4.78 is 1.64. The Balaban J connectivity index is 1.70. The lowest BCUT2D eigenvalue weighted by Crippen LogP contribution is -2.15. The van der Waals surface area contributed by atoms with E-state index >= 15 is 0 Å². The first-order chi connectivity index (χ1) is 15.4. The molecular formula is C23H21ClN6OS. The maximum Gasteiger partial charge on any atom is 0.278 e. The van der Waals surface area contributed by atoms with Crippen LogP contribution in [0.2, 0.25) is 5.02 Å². The zero-order chi connectivity index (χ0) is 22.7. The van der Waals surface area contributed by atoms with Gasteiger partial charge in [0.25, 0.3) is 5.91 Å². The highest BCUT2D eigenvalue weighted by atomic mass is 35.5. The zero-order valence-corrected chi connectivity index (χ0v) is 19.4. The third-order valence-corrected chi connectivity index (χ3v) is 5.98. The number of benzene rings is 2. The number of nitrogens with zero attached hydrogens (tertiary/aromatic N) is 5. The van der Waals surface area contributed by atoms with E-state index in [9.17, 15) is 4.79 Å². The van der Waals surface area contributed by atoms with Crippen molar-refractivity contribution in [1.82, 2.24) is 25.0 Å². The fraction of sp³-hybridized carbons (Fsp3) is 0.174. The van der Waals surface area contributed by atoms with E-state index in [1.807, 2.05) is 75.4 Å². The molecule has 0 aliphatic carbocycles. The maximum atomic E-state index is 13.0. The van der Waals surface area contributed by atoms with Gasteiger partial charge in [0.05, 0.1) is 11.4 Å². The second-order valence-corrected chi connectivity index (χ2v) is 8.62. The number of anilines is 1. The summed E-state index contributed by atoms with van der Waals surface area (Å²) in [5.41, 5.74) is 5.01. The van der Waals surface area contributed by atoms with E-state index < -0.39 is 0 Å². The summed E-state index contributed by atoms with van der Waals surface area (Å²) in [6, 6.07) is 16.8. The Morgan fingerprint density at radius 2 is 1.75 bits per heavy atom. The van der Waals surface area contributed by atoms with Gasteiger partial charge in [-0.05, 0) is 56.7 Å². The highest BCUT2D eigenvalue weighted by molar-refractivity contribution is 7.98. The molecule has 0 bridgehead atoms. The Morgan fingerprint density at radius 3 is 2.44 bits per heavy atom. The van der Waals surface area contributed by atoms with Crippen LogP contribution in [0.1, 0.15) is 33.1 Å². The van der Waals surface area contributed by atoms with Crippen molar-refractivity contribution < 1.29 is 4.79 Å². The highest BCUT2D eigenvalue weighted by Crippen LogP contribution is 2.26. The largest absolute Gasteiger partial charge is 0.321 e. The molecule has 1 N–H and O–H groups in total. The number of para-hydroxylation sites is 1. The number of hydrogen-bond acceptors (Lipinski definition) is 6. The van der Waals surface area contributed by atoms with E-state index in [2.05, 4.69) is 25.6 Å². The van der Waals surface area contributed by atoms with Crippen LogP contribution in [0.15, 0.2) is 59.8 Å². The number of nitrogens with one attached hydrogen (secondary N) is 1. The lowest BCUT2D eigenvalue weighted by Gasteiger charge is -2.10. The topological polar surface area (TPSA) is 85.6 Å². The van der Waals surface area contributed by atoms with Crippen molar-refractivity contribution in [3.8, 4) is 5.69 Å². The van der Waals surface area contributed by atoms with E-state index in [-0.39, 0.29) is 11.6 Å². The van der Waals surface area contributed by atoms with Crippen LogP contribution < -0.4 is 5.32 Å². The lowest BCUT2D eigenvalue weighted by atomic mass is 10.2. The first-order valence-corrected chi connectivity index (χ1v) is 11.3. The van der Waals surface area contributed by atoms with Crippen molar-refractivity contribution >= 4 is 35.0 Å². The molecule has 7 nitrogen and oxygen atoms in total. The van der Waals surface area contributed by atoms with Crippen molar-refractivity contribution in [2.45, 2.75) is 31.7 Å². The fourth-order valence-corrected chi connectivity index (χ4v) is 4.25. The third kappa shape index (κ3) is 4.98. The van der Waals surface area contributed by atoms with Crippen LogP contribution in [0.4, 0.5) is 5.69 Å². The average Bonchev–Trinajstić information content (AvgIpc) is 3.18. The summed E-state index contributed by atoms with van der Waals surface area (Å²) in [6.45, 7) is 5.79. The van der Waals surface area contributed by atoms with Gasteiger partial charge in [-0.2, -0.15) is 0 Å². The number of carbonyl (C=O) groups excluding carboxylic acids is 1. The molecule has 2 heterocycles. The Morgan fingerprint density at radius 1 is 1.03 bits per heavy atom. The predicted molar refractivity (Wildman–Crippen MR) is 127 cm³/mol. The molecule has 9 heteroatoms. The Hall–Kier alpha value is -3.23. The van der Waals surface area contributed by atoms with Crippen molar-refractivity contribution in [1.29, 1.82) is 0 Å². The molecule has 0 saturated heterocycles. The predicted octanol–water partition coefficient (Wildman–Crippen LogP) is 5.18.